The molecule has 29 heavy (non-hydrogen) atoms. The lowest BCUT2D eigenvalue weighted by Crippen LogP contribution is -2.49. The quantitative estimate of drug-likeness (QED) is 0.538. The number of para-hydroxylation sites is 1. The number of piperazine rings is 1. The zero-order chi connectivity index (χ0) is 19.6. The number of hydrogen-bond donors (Lipinski definition) is 0. The lowest BCUT2D eigenvalue weighted by molar-refractivity contribution is 0.0746. The molecule has 0 bridgehead atoms. The number of amides is 1. The average Bonchev–Trinajstić information content (AvgIpc) is 3.33. The molecule has 0 unspecified atom stereocenters. The number of carbonyl (C=O) groups excluding carboxylic acids is 1. The molecule has 5 rings (SSSR count). The van der Waals surface area contributed by atoms with E-state index in [0.717, 1.165) is 41.1 Å². The van der Waals surface area contributed by atoms with E-state index in [0.29, 0.717) is 13.1 Å². The van der Waals surface area contributed by atoms with Gasteiger partial charge in [-0.1, -0.05) is 18.2 Å². The third-order valence-corrected chi connectivity index (χ3v) is 5.49. The van der Waals surface area contributed by atoms with Crippen LogP contribution in [0.3, 0.4) is 0 Å². The first-order chi connectivity index (χ1) is 14.3. The van der Waals surface area contributed by atoms with Crippen molar-refractivity contribution in [2.45, 2.75) is 0 Å². The van der Waals surface area contributed by atoms with E-state index in [9.17, 15) is 4.79 Å². The van der Waals surface area contributed by atoms with Gasteiger partial charge in [0.05, 0.1) is 5.52 Å². The second kappa shape index (κ2) is 7.43. The van der Waals surface area contributed by atoms with Gasteiger partial charge in [0.1, 0.15) is 5.82 Å². The van der Waals surface area contributed by atoms with Gasteiger partial charge in [-0.2, -0.15) is 0 Å². The van der Waals surface area contributed by atoms with Gasteiger partial charge in [0, 0.05) is 55.2 Å². The highest BCUT2D eigenvalue weighted by Crippen LogP contribution is 2.20. The van der Waals surface area contributed by atoms with Crippen molar-refractivity contribution in [1.82, 2.24) is 14.5 Å². The lowest BCUT2D eigenvalue weighted by atomic mass is 10.1. The summed E-state index contributed by atoms with van der Waals surface area (Å²) in [5, 5.41) is 1.15. The number of nitrogens with zero attached hydrogens (tertiary/aromatic N) is 4. The van der Waals surface area contributed by atoms with E-state index in [1.54, 1.807) is 0 Å². The van der Waals surface area contributed by atoms with Crippen LogP contribution in [0.15, 0.2) is 85.2 Å². The standard InChI is InChI=1S/C24H22N4O/c29-24(20-7-10-21(11-8-20)26-13-3-4-14-26)28-17-15-27(16-18-28)23-12-9-19-5-1-2-6-22(19)25-23/h1-14H,15-18H2. The molecule has 3 heterocycles. The summed E-state index contributed by atoms with van der Waals surface area (Å²) in [6, 6.07) is 24.1. The van der Waals surface area contributed by atoms with Crippen LogP contribution in [0.4, 0.5) is 5.82 Å². The summed E-state index contributed by atoms with van der Waals surface area (Å²) in [5.41, 5.74) is 2.79. The number of carbonyl (C=O) groups is 1. The Morgan fingerprint density at radius 2 is 1.48 bits per heavy atom. The molecule has 1 fully saturated rings. The lowest BCUT2D eigenvalue weighted by Gasteiger charge is -2.35. The van der Waals surface area contributed by atoms with Crippen LogP contribution in [0, 0.1) is 0 Å². The summed E-state index contributed by atoms with van der Waals surface area (Å²) in [7, 11) is 0. The number of pyridine rings is 1. The monoisotopic (exact) mass is 382 g/mol. The van der Waals surface area contributed by atoms with Crippen LogP contribution in [0.5, 0.6) is 0 Å². The zero-order valence-corrected chi connectivity index (χ0v) is 16.1. The molecule has 0 spiro atoms. The van der Waals surface area contributed by atoms with Crippen LogP contribution in [0.1, 0.15) is 10.4 Å². The molecule has 1 aliphatic rings. The molecule has 0 atom stereocenters. The Kier molecular flexibility index (Phi) is 4.48. The molecule has 1 aliphatic heterocycles. The number of benzene rings is 2. The zero-order valence-electron chi connectivity index (χ0n) is 16.1. The molecule has 4 aromatic rings. The van der Waals surface area contributed by atoms with Gasteiger partial charge in [0.25, 0.3) is 5.91 Å². The maximum atomic E-state index is 12.9. The molecule has 144 valence electrons. The van der Waals surface area contributed by atoms with Crippen LogP contribution in [0.2, 0.25) is 0 Å². The van der Waals surface area contributed by atoms with E-state index in [1.165, 1.54) is 0 Å². The summed E-state index contributed by atoms with van der Waals surface area (Å²) in [6.07, 6.45) is 3.99. The number of aromatic nitrogens is 2. The van der Waals surface area contributed by atoms with E-state index in [2.05, 4.69) is 23.1 Å². The molecule has 5 heteroatoms. The second-order valence-electron chi connectivity index (χ2n) is 7.28. The summed E-state index contributed by atoms with van der Waals surface area (Å²) in [6.45, 7) is 2.98. The molecule has 0 radical (unpaired) electrons. The van der Waals surface area contributed by atoms with Crippen LogP contribution >= 0.6 is 0 Å². The summed E-state index contributed by atoms with van der Waals surface area (Å²) >= 11 is 0. The molecule has 1 amide bonds. The fourth-order valence-corrected chi connectivity index (χ4v) is 3.84. The molecule has 2 aromatic carbocycles. The van der Waals surface area contributed by atoms with E-state index in [-0.39, 0.29) is 5.91 Å². The Morgan fingerprint density at radius 3 is 2.24 bits per heavy atom. The van der Waals surface area contributed by atoms with Crippen molar-refractivity contribution in [3.05, 3.63) is 90.8 Å². The predicted molar refractivity (Wildman–Crippen MR) is 116 cm³/mol. The number of fused-ring (bicyclic) bond motifs is 1. The molecule has 2 aromatic heterocycles. The molecular weight excluding hydrogens is 360 g/mol. The third-order valence-electron chi connectivity index (χ3n) is 5.49. The Morgan fingerprint density at radius 1 is 0.759 bits per heavy atom. The van der Waals surface area contributed by atoms with Gasteiger partial charge in [-0.15, -0.1) is 0 Å². The molecule has 5 nitrogen and oxygen atoms in total. The van der Waals surface area contributed by atoms with Crippen molar-refractivity contribution in [3.8, 4) is 5.69 Å². The summed E-state index contributed by atoms with van der Waals surface area (Å²) < 4.78 is 2.03. The van der Waals surface area contributed by atoms with Gasteiger partial charge in [-0.05, 0) is 54.6 Å². The first-order valence-corrected chi connectivity index (χ1v) is 9.91. The Hall–Kier alpha value is -3.60. The Bertz CT molecular complexity index is 1130. The molecule has 0 N–H and O–H groups in total. The maximum Gasteiger partial charge on any atom is 0.253 e. The van der Waals surface area contributed by atoms with E-state index in [1.807, 2.05) is 76.5 Å². The van der Waals surface area contributed by atoms with Crippen LogP contribution in [-0.2, 0) is 0 Å². The van der Waals surface area contributed by atoms with Crippen LogP contribution < -0.4 is 4.90 Å². The molecular formula is C24H22N4O. The minimum atomic E-state index is 0.0928. The van der Waals surface area contributed by atoms with Crippen LogP contribution in [0.25, 0.3) is 16.6 Å². The fourth-order valence-electron chi connectivity index (χ4n) is 3.84. The Labute approximate surface area is 169 Å². The molecule has 1 saturated heterocycles. The highest BCUT2D eigenvalue weighted by Gasteiger charge is 2.23. The van der Waals surface area contributed by atoms with Gasteiger partial charge < -0.3 is 14.4 Å². The molecule has 0 saturated carbocycles. The van der Waals surface area contributed by atoms with Crippen molar-refractivity contribution >= 4 is 22.6 Å². The van der Waals surface area contributed by atoms with E-state index < -0.39 is 0 Å². The van der Waals surface area contributed by atoms with Crippen molar-refractivity contribution < 1.29 is 4.79 Å². The predicted octanol–water partition coefficient (Wildman–Crippen LogP) is 3.99. The third kappa shape index (κ3) is 3.47. The number of hydrogen-bond acceptors (Lipinski definition) is 3. The maximum absolute atomic E-state index is 12.9. The van der Waals surface area contributed by atoms with Crippen molar-refractivity contribution in [3.63, 3.8) is 0 Å². The van der Waals surface area contributed by atoms with Crippen molar-refractivity contribution in [2.75, 3.05) is 31.1 Å². The van der Waals surface area contributed by atoms with E-state index >= 15 is 0 Å². The van der Waals surface area contributed by atoms with Gasteiger partial charge in [-0.3, -0.25) is 4.79 Å². The van der Waals surface area contributed by atoms with Gasteiger partial charge in [-0.25, -0.2) is 4.98 Å². The number of anilines is 1. The van der Waals surface area contributed by atoms with Crippen molar-refractivity contribution in [1.29, 1.82) is 0 Å². The SMILES string of the molecule is O=C(c1ccc(-n2cccc2)cc1)N1CCN(c2ccc3ccccc3n2)CC1. The smallest absolute Gasteiger partial charge is 0.253 e. The van der Waals surface area contributed by atoms with Crippen molar-refractivity contribution in [2.24, 2.45) is 0 Å². The van der Waals surface area contributed by atoms with Crippen LogP contribution in [-0.4, -0.2) is 46.5 Å². The van der Waals surface area contributed by atoms with Gasteiger partial charge in [0.2, 0.25) is 0 Å². The second-order valence-corrected chi connectivity index (χ2v) is 7.28. The summed E-state index contributed by atoms with van der Waals surface area (Å²) in [5.74, 6) is 1.07. The normalized spacial score (nSPS) is 14.3. The minimum absolute atomic E-state index is 0.0928. The van der Waals surface area contributed by atoms with Gasteiger partial charge >= 0.3 is 0 Å². The Balaban J connectivity index is 1.25. The summed E-state index contributed by atoms with van der Waals surface area (Å²) in [4.78, 5) is 21.9. The fraction of sp³-hybridized carbons (Fsp3) is 0.167. The largest absolute Gasteiger partial charge is 0.353 e. The average molecular weight is 382 g/mol. The van der Waals surface area contributed by atoms with Gasteiger partial charge in [0.15, 0.2) is 0 Å². The highest BCUT2D eigenvalue weighted by molar-refractivity contribution is 5.94. The molecule has 0 aliphatic carbocycles. The minimum Gasteiger partial charge on any atom is -0.353 e. The topological polar surface area (TPSA) is 41.4 Å². The van der Waals surface area contributed by atoms with E-state index in [4.69, 9.17) is 4.98 Å². The first kappa shape index (κ1) is 17.5. The number of rotatable bonds is 3. The first-order valence-electron chi connectivity index (χ1n) is 9.91. The highest BCUT2D eigenvalue weighted by atomic mass is 16.2.